The second-order valence-corrected chi connectivity index (χ2v) is 5.08. The van der Waals surface area contributed by atoms with Gasteiger partial charge in [-0.1, -0.05) is 13.8 Å². The smallest absolute Gasteiger partial charge is 0.234 e. The van der Waals surface area contributed by atoms with Crippen molar-refractivity contribution in [3.63, 3.8) is 0 Å². The first kappa shape index (κ1) is 12.5. The van der Waals surface area contributed by atoms with Crippen LogP contribution < -0.4 is 10.6 Å². The normalized spacial score (nSPS) is 16.5. The quantitative estimate of drug-likeness (QED) is 0.570. The Morgan fingerprint density at radius 3 is 2.67 bits per heavy atom. The monoisotopic (exact) mass is 214 g/mol. The molecule has 0 spiro atoms. The summed E-state index contributed by atoms with van der Waals surface area (Å²) in [6.07, 6.45) is 3.01. The van der Waals surface area contributed by atoms with Crippen LogP contribution in [0.15, 0.2) is 0 Å². The molecule has 1 fully saturated rings. The summed E-state index contributed by atoms with van der Waals surface area (Å²) < 4.78 is 0. The van der Waals surface area contributed by atoms with E-state index in [2.05, 4.69) is 24.5 Å². The Bertz CT molecular complexity index is 213. The molecule has 15 heavy (non-hydrogen) atoms. The Morgan fingerprint density at radius 1 is 1.47 bits per heavy atom. The van der Waals surface area contributed by atoms with Crippen LogP contribution in [-0.4, -0.2) is 36.8 Å². The molecule has 1 aliphatic carbocycles. The van der Waals surface area contributed by atoms with Gasteiger partial charge in [0.05, 0.1) is 6.54 Å². The zero-order valence-corrected chi connectivity index (χ0v) is 9.68. The maximum atomic E-state index is 11.3. The summed E-state index contributed by atoms with van der Waals surface area (Å²) in [5.41, 5.74) is 0.0502. The van der Waals surface area contributed by atoms with E-state index in [1.807, 2.05) is 0 Å². The minimum Gasteiger partial charge on any atom is -0.396 e. The van der Waals surface area contributed by atoms with Crippen LogP contribution in [0.4, 0.5) is 0 Å². The van der Waals surface area contributed by atoms with Crippen LogP contribution in [0.25, 0.3) is 0 Å². The highest BCUT2D eigenvalue weighted by molar-refractivity contribution is 5.78. The molecule has 0 aliphatic heterocycles. The Hall–Kier alpha value is -0.610. The van der Waals surface area contributed by atoms with E-state index in [4.69, 9.17) is 5.11 Å². The number of hydrogen-bond acceptors (Lipinski definition) is 3. The lowest BCUT2D eigenvalue weighted by Gasteiger charge is -2.23. The zero-order chi connectivity index (χ0) is 11.3. The first-order valence-corrected chi connectivity index (χ1v) is 5.64. The van der Waals surface area contributed by atoms with Crippen molar-refractivity contribution >= 4 is 5.91 Å². The molecule has 1 aliphatic rings. The van der Waals surface area contributed by atoms with Gasteiger partial charge in [0.25, 0.3) is 0 Å². The lowest BCUT2D eigenvalue weighted by atomic mass is 9.90. The number of hydrogen-bond donors (Lipinski definition) is 3. The van der Waals surface area contributed by atoms with Crippen LogP contribution >= 0.6 is 0 Å². The molecule has 1 rings (SSSR count). The highest BCUT2D eigenvalue weighted by Crippen LogP contribution is 2.19. The second-order valence-electron chi connectivity index (χ2n) is 5.08. The minimum atomic E-state index is 0.0502. The average Bonchev–Trinajstić information content (AvgIpc) is 2.87. The van der Waals surface area contributed by atoms with E-state index in [1.165, 1.54) is 0 Å². The van der Waals surface area contributed by atoms with Gasteiger partial charge in [0.2, 0.25) is 5.91 Å². The van der Waals surface area contributed by atoms with Gasteiger partial charge in [0.15, 0.2) is 0 Å². The minimum absolute atomic E-state index is 0.0502. The zero-order valence-electron chi connectivity index (χ0n) is 9.68. The van der Waals surface area contributed by atoms with Crippen molar-refractivity contribution in [1.29, 1.82) is 0 Å². The Balaban J connectivity index is 2.05. The molecule has 1 amide bonds. The highest BCUT2D eigenvalue weighted by Gasteiger charge is 2.23. The number of carbonyl (C=O) groups excluding carboxylic acids is 1. The SMILES string of the molecule is CC(C)(CCO)CNCC(=O)NC1CC1. The first-order valence-electron chi connectivity index (χ1n) is 5.64. The lowest BCUT2D eigenvalue weighted by molar-refractivity contribution is -0.120. The molecule has 1 saturated carbocycles. The number of nitrogens with one attached hydrogen (secondary N) is 2. The molecule has 0 aromatic carbocycles. The predicted octanol–water partition coefficient (Wildman–Crippen LogP) is 0.263. The van der Waals surface area contributed by atoms with Gasteiger partial charge in [-0.2, -0.15) is 0 Å². The van der Waals surface area contributed by atoms with Crippen LogP contribution in [-0.2, 0) is 4.79 Å². The topological polar surface area (TPSA) is 61.4 Å². The molecule has 4 nitrogen and oxygen atoms in total. The fourth-order valence-electron chi connectivity index (χ4n) is 1.41. The van der Waals surface area contributed by atoms with Crippen molar-refractivity contribution in [2.75, 3.05) is 19.7 Å². The molecular formula is C11H22N2O2. The summed E-state index contributed by atoms with van der Waals surface area (Å²) in [5, 5.41) is 14.9. The lowest BCUT2D eigenvalue weighted by Crippen LogP contribution is -2.39. The Kier molecular flexibility index (Phi) is 4.54. The number of amides is 1. The molecule has 0 atom stereocenters. The van der Waals surface area contributed by atoms with Crippen molar-refractivity contribution in [1.82, 2.24) is 10.6 Å². The van der Waals surface area contributed by atoms with Gasteiger partial charge in [0, 0.05) is 19.2 Å². The van der Waals surface area contributed by atoms with E-state index in [0.717, 1.165) is 25.8 Å². The van der Waals surface area contributed by atoms with Crippen molar-refractivity contribution < 1.29 is 9.90 Å². The van der Waals surface area contributed by atoms with E-state index < -0.39 is 0 Å². The van der Waals surface area contributed by atoms with Gasteiger partial charge in [-0.25, -0.2) is 0 Å². The maximum absolute atomic E-state index is 11.3. The molecule has 0 unspecified atom stereocenters. The van der Waals surface area contributed by atoms with E-state index in [0.29, 0.717) is 12.6 Å². The summed E-state index contributed by atoms with van der Waals surface area (Å²) in [5.74, 6) is 0.0808. The number of aliphatic hydroxyl groups excluding tert-OH is 1. The summed E-state index contributed by atoms with van der Waals surface area (Å²) in [7, 11) is 0. The van der Waals surface area contributed by atoms with Crippen LogP contribution in [0.3, 0.4) is 0 Å². The van der Waals surface area contributed by atoms with E-state index in [-0.39, 0.29) is 17.9 Å². The first-order chi connectivity index (χ1) is 7.03. The van der Waals surface area contributed by atoms with Crippen molar-refractivity contribution in [3.8, 4) is 0 Å². The summed E-state index contributed by atoms with van der Waals surface area (Å²) in [6.45, 7) is 5.49. The molecule has 0 aromatic heterocycles. The standard InChI is InChI=1S/C11H22N2O2/c1-11(2,5-6-14)8-12-7-10(15)13-9-3-4-9/h9,12,14H,3-8H2,1-2H3,(H,13,15). The highest BCUT2D eigenvalue weighted by atomic mass is 16.3. The van der Waals surface area contributed by atoms with Crippen molar-refractivity contribution in [2.24, 2.45) is 5.41 Å². The van der Waals surface area contributed by atoms with E-state index >= 15 is 0 Å². The van der Waals surface area contributed by atoms with Crippen LogP contribution in [0.5, 0.6) is 0 Å². The molecule has 0 bridgehead atoms. The molecular weight excluding hydrogens is 192 g/mol. The van der Waals surface area contributed by atoms with Crippen molar-refractivity contribution in [3.05, 3.63) is 0 Å². The third-order valence-electron chi connectivity index (χ3n) is 2.62. The summed E-state index contributed by atoms with van der Waals surface area (Å²) in [4.78, 5) is 11.3. The Labute approximate surface area is 91.4 Å². The summed E-state index contributed by atoms with van der Waals surface area (Å²) in [6, 6.07) is 0.435. The fraction of sp³-hybridized carbons (Fsp3) is 0.909. The number of rotatable bonds is 7. The molecule has 0 radical (unpaired) electrons. The molecule has 0 aromatic rings. The van der Waals surface area contributed by atoms with Gasteiger partial charge >= 0.3 is 0 Å². The second kappa shape index (κ2) is 5.47. The van der Waals surface area contributed by atoms with Gasteiger partial charge in [-0.3, -0.25) is 4.79 Å². The van der Waals surface area contributed by atoms with E-state index in [1.54, 1.807) is 0 Å². The molecule has 3 N–H and O–H groups in total. The van der Waals surface area contributed by atoms with Crippen LogP contribution in [0.1, 0.15) is 33.1 Å². The van der Waals surface area contributed by atoms with Gasteiger partial charge < -0.3 is 15.7 Å². The maximum Gasteiger partial charge on any atom is 0.234 e. The van der Waals surface area contributed by atoms with Crippen LogP contribution in [0, 0.1) is 5.41 Å². The Morgan fingerprint density at radius 2 is 2.13 bits per heavy atom. The number of aliphatic hydroxyl groups is 1. The average molecular weight is 214 g/mol. The van der Waals surface area contributed by atoms with Crippen molar-refractivity contribution in [2.45, 2.75) is 39.2 Å². The van der Waals surface area contributed by atoms with Gasteiger partial charge in [0.1, 0.15) is 0 Å². The predicted molar refractivity (Wildman–Crippen MR) is 59.5 cm³/mol. The van der Waals surface area contributed by atoms with Crippen LogP contribution in [0.2, 0.25) is 0 Å². The largest absolute Gasteiger partial charge is 0.396 e. The number of carbonyl (C=O) groups is 1. The summed E-state index contributed by atoms with van der Waals surface area (Å²) >= 11 is 0. The molecule has 0 heterocycles. The molecule has 0 saturated heterocycles. The van der Waals surface area contributed by atoms with Gasteiger partial charge in [-0.15, -0.1) is 0 Å². The fourth-order valence-corrected chi connectivity index (χ4v) is 1.41. The van der Waals surface area contributed by atoms with E-state index in [9.17, 15) is 4.79 Å². The third kappa shape index (κ3) is 5.74. The third-order valence-corrected chi connectivity index (χ3v) is 2.62. The van der Waals surface area contributed by atoms with Gasteiger partial charge in [-0.05, 0) is 24.7 Å². The molecule has 88 valence electrons. The molecule has 4 heteroatoms.